The van der Waals surface area contributed by atoms with E-state index in [2.05, 4.69) is 26.1 Å². The maximum absolute atomic E-state index is 9.56. The lowest BCUT2D eigenvalue weighted by Crippen LogP contribution is -2.43. The van der Waals surface area contributed by atoms with Crippen molar-refractivity contribution < 1.29 is 5.11 Å². The summed E-state index contributed by atoms with van der Waals surface area (Å²) in [5.74, 6) is 0.651. The minimum Gasteiger partial charge on any atom is -0.392 e. The van der Waals surface area contributed by atoms with Crippen molar-refractivity contribution >= 4 is 0 Å². The summed E-state index contributed by atoms with van der Waals surface area (Å²) in [6.45, 7) is 6.60. The highest BCUT2D eigenvalue weighted by Gasteiger charge is 2.26. The van der Waals surface area contributed by atoms with Crippen LogP contribution in [-0.4, -0.2) is 23.3 Å². The van der Waals surface area contributed by atoms with Gasteiger partial charge in [-0.3, -0.25) is 0 Å². The topological polar surface area (TPSA) is 32.3 Å². The Morgan fingerprint density at radius 1 is 1.25 bits per heavy atom. The van der Waals surface area contributed by atoms with Gasteiger partial charge in [-0.15, -0.1) is 0 Å². The van der Waals surface area contributed by atoms with Crippen molar-refractivity contribution in [1.82, 2.24) is 5.32 Å². The van der Waals surface area contributed by atoms with Gasteiger partial charge in [0.25, 0.3) is 0 Å². The molecular weight excluding hydrogens is 150 g/mol. The Hall–Kier alpha value is -0.0800. The van der Waals surface area contributed by atoms with Crippen LogP contribution in [0.15, 0.2) is 0 Å². The molecule has 1 aliphatic carbocycles. The van der Waals surface area contributed by atoms with Gasteiger partial charge in [-0.25, -0.2) is 0 Å². The molecule has 0 spiro atoms. The summed E-state index contributed by atoms with van der Waals surface area (Å²) < 4.78 is 0. The molecule has 1 aliphatic rings. The minimum atomic E-state index is -0.105. The molecule has 2 nitrogen and oxygen atoms in total. The Balaban J connectivity index is 2.30. The third kappa shape index (κ3) is 2.46. The third-order valence-corrected chi connectivity index (χ3v) is 2.96. The summed E-state index contributed by atoms with van der Waals surface area (Å²) in [5, 5.41) is 13.0. The Kier molecular flexibility index (Phi) is 3.53. The standard InChI is InChI=1S/C10H21NO/c1-7(2)8(3)11-9-5-4-6-10(9)12/h7-12H,4-6H2,1-3H3. The Bertz CT molecular complexity index is 136. The summed E-state index contributed by atoms with van der Waals surface area (Å²) in [6, 6.07) is 0.866. The van der Waals surface area contributed by atoms with Crippen molar-refractivity contribution in [1.29, 1.82) is 0 Å². The summed E-state index contributed by atoms with van der Waals surface area (Å²) in [5.41, 5.74) is 0. The van der Waals surface area contributed by atoms with Gasteiger partial charge >= 0.3 is 0 Å². The van der Waals surface area contributed by atoms with E-state index in [1.165, 1.54) is 6.42 Å². The van der Waals surface area contributed by atoms with Gasteiger partial charge in [-0.1, -0.05) is 13.8 Å². The first kappa shape index (κ1) is 10.0. The van der Waals surface area contributed by atoms with Crippen LogP contribution >= 0.6 is 0 Å². The van der Waals surface area contributed by atoms with E-state index in [0.717, 1.165) is 12.8 Å². The van der Waals surface area contributed by atoms with E-state index in [-0.39, 0.29) is 6.10 Å². The molecule has 2 N–H and O–H groups in total. The molecule has 2 heteroatoms. The molecule has 1 saturated carbocycles. The molecule has 0 aromatic carbocycles. The zero-order valence-electron chi connectivity index (χ0n) is 8.38. The quantitative estimate of drug-likeness (QED) is 0.675. The normalized spacial score (nSPS) is 32.8. The van der Waals surface area contributed by atoms with E-state index in [1.54, 1.807) is 0 Å². The van der Waals surface area contributed by atoms with Crippen LogP contribution in [0.1, 0.15) is 40.0 Å². The number of hydrogen-bond donors (Lipinski definition) is 2. The van der Waals surface area contributed by atoms with Gasteiger partial charge in [0.2, 0.25) is 0 Å². The second-order valence-electron chi connectivity index (χ2n) is 4.30. The average molecular weight is 171 g/mol. The lowest BCUT2D eigenvalue weighted by Gasteiger charge is -2.24. The van der Waals surface area contributed by atoms with Gasteiger partial charge in [0.05, 0.1) is 6.10 Å². The second-order valence-corrected chi connectivity index (χ2v) is 4.30. The van der Waals surface area contributed by atoms with E-state index in [1.807, 2.05) is 0 Å². The number of nitrogens with one attached hydrogen (secondary N) is 1. The summed E-state index contributed by atoms with van der Waals surface area (Å²) in [6.07, 6.45) is 3.18. The van der Waals surface area contributed by atoms with Crippen LogP contribution in [0.25, 0.3) is 0 Å². The first-order valence-corrected chi connectivity index (χ1v) is 5.05. The number of rotatable bonds is 3. The molecule has 0 saturated heterocycles. The zero-order valence-corrected chi connectivity index (χ0v) is 8.38. The highest BCUT2D eigenvalue weighted by atomic mass is 16.3. The summed E-state index contributed by atoms with van der Waals surface area (Å²) >= 11 is 0. The van der Waals surface area contributed by atoms with Gasteiger partial charge in [0.1, 0.15) is 0 Å². The molecule has 0 radical (unpaired) electrons. The lowest BCUT2D eigenvalue weighted by atomic mass is 10.0. The fourth-order valence-electron chi connectivity index (χ4n) is 1.67. The average Bonchev–Trinajstić information content (AvgIpc) is 2.36. The van der Waals surface area contributed by atoms with E-state index >= 15 is 0 Å². The smallest absolute Gasteiger partial charge is 0.0693 e. The van der Waals surface area contributed by atoms with Crippen molar-refractivity contribution in [3.63, 3.8) is 0 Å². The molecule has 0 bridgehead atoms. The largest absolute Gasteiger partial charge is 0.392 e. The SMILES string of the molecule is CC(C)C(C)NC1CCCC1O. The van der Waals surface area contributed by atoms with Crippen LogP contribution in [0.2, 0.25) is 0 Å². The van der Waals surface area contributed by atoms with Crippen molar-refractivity contribution in [2.45, 2.75) is 58.2 Å². The molecule has 1 fully saturated rings. The molecular formula is C10H21NO. The van der Waals surface area contributed by atoms with Gasteiger partial charge in [0, 0.05) is 12.1 Å². The van der Waals surface area contributed by atoms with E-state index in [9.17, 15) is 5.11 Å². The van der Waals surface area contributed by atoms with Crippen LogP contribution in [-0.2, 0) is 0 Å². The lowest BCUT2D eigenvalue weighted by molar-refractivity contribution is 0.140. The van der Waals surface area contributed by atoms with Crippen LogP contribution in [0.4, 0.5) is 0 Å². The molecule has 0 amide bonds. The van der Waals surface area contributed by atoms with E-state index in [0.29, 0.717) is 18.0 Å². The van der Waals surface area contributed by atoms with Gasteiger partial charge in [-0.05, 0) is 32.1 Å². The van der Waals surface area contributed by atoms with E-state index in [4.69, 9.17) is 0 Å². The zero-order chi connectivity index (χ0) is 9.14. The van der Waals surface area contributed by atoms with Gasteiger partial charge in [-0.2, -0.15) is 0 Å². The molecule has 12 heavy (non-hydrogen) atoms. The molecule has 0 aliphatic heterocycles. The predicted octanol–water partition coefficient (Wildman–Crippen LogP) is 1.53. The first-order valence-electron chi connectivity index (χ1n) is 5.05. The van der Waals surface area contributed by atoms with Crippen LogP contribution in [0.3, 0.4) is 0 Å². The Morgan fingerprint density at radius 2 is 1.92 bits per heavy atom. The van der Waals surface area contributed by atoms with Gasteiger partial charge in [0.15, 0.2) is 0 Å². The highest BCUT2D eigenvalue weighted by molar-refractivity contribution is 4.84. The Morgan fingerprint density at radius 3 is 2.33 bits per heavy atom. The molecule has 1 rings (SSSR count). The number of hydrogen-bond acceptors (Lipinski definition) is 2. The number of aliphatic hydroxyl groups excluding tert-OH is 1. The van der Waals surface area contributed by atoms with Crippen LogP contribution < -0.4 is 5.32 Å². The number of aliphatic hydroxyl groups is 1. The van der Waals surface area contributed by atoms with E-state index < -0.39 is 0 Å². The minimum absolute atomic E-state index is 0.105. The van der Waals surface area contributed by atoms with Crippen molar-refractivity contribution in [3.05, 3.63) is 0 Å². The molecule has 72 valence electrons. The molecule has 3 atom stereocenters. The summed E-state index contributed by atoms with van der Waals surface area (Å²) in [4.78, 5) is 0. The monoisotopic (exact) mass is 171 g/mol. The third-order valence-electron chi connectivity index (χ3n) is 2.96. The predicted molar refractivity (Wildman–Crippen MR) is 51.1 cm³/mol. The fraction of sp³-hybridized carbons (Fsp3) is 1.00. The van der Waals surface area contributed by atoms with Crippen molar-refractivity contribution in [2.24, 2.45) is 5.92 Å². The fourth-order valence-corrected chi connectivity index (χ4v) is 1.67. The first-order chi connectivity index (χ1) is 5.61. The second kappa shape index (κ2) is 4.24. The molecule has 0 heterocycles. The molecule has 0 aromatic rings. The highest BCUT2D eigenvalue weighted by Crippen LogP contribution is 2.20. The molecule has 3 unspecified atom stereocenters. The maximum Gasteiger partial charge on any atom is 0.0693 e. The maximum atomic E-state index is 9.56. The van der Waals surface area contributed by atoms with Crippen molar-refractivity contribution in [3.8, 4) is 0 Å². The van der Waals surface area contributed by atoms with Crippen LogP contribution in [0.5, 0.6) is 0 Å². The summed E-state index contributed by atoms with van der Waals surface area (Å²) in [7, 11) is 0. The van der Waals surface area contributed by atoms with Gasteiger partial charge < -0.3 is 10.4 Å². The molecule has 0 aromatic heterocycles. The Labute approximate surface area is 75.4 Å². The van der Waals surface area contributed by atoms with Crippen LogP contribution in [0, 0.1) is 5.92 Å². The van der Waals surface area contributed by atoms with Crippen molar-refractivity contribution in [2.75, 3.05) is 0 Å².